The van der Waals surface area contributed by atoms with Crippen LogP contribution in [0.25, 0.3) is 11.3 Å². The summed E-state index contributed by atoms with van der Waals surface area (Å²) < 4.78 is 28.1. The zero-order chi connectivity index (χ0) is 14.2. The summed E-state index contributed by atoms with van der Waals surface area (Å²) in [5, 5.41) is 0. The second-order valence-electron chi connectivity index (χ2n) is 4.65. The molecule has 2 rings (SSSR count). The van der Waals surface area contributed by atoms with E-state index in [0.717, 1.165) is 0 Å². The third-order valence-electron chi connectivity index (χ3n) is 2.78. The second-order valence-corrected chi connectivity index (χ2v) is 5.46. The number of hydrogen-bond acceptors (Lipinski definition) is 2. The molecule has 0 saturated carbocycles. The Labute approximate surface area is 119 Å². The van der Waals surface area contributed by atoms with Gasteiger partial charge in [-0.3, -0.25) is 0 Å². The van der Waals surface area contributed by atoms with E-state index in [4.69, 9.17) is 0 Å². The monoisotopic (exact) mass is 326 g/mol. The zero-order valence-electron chi connectivity index (χ0n) is 10.8. The molecule has 1 aromatic carbocycles. The van der Waals surface area contributed by atoms with E-state index in [1.54, 1.807) is 12.1 Å². The van der Waals surface area contributed by atoms with Gasteiger partial charge in [0.25, 0.3) is 0 Å². The molecule has 1 aromatic heterocycles. The van der Waals surface area contributed by atoms with Crippen molar-refractivity contribution in [1.29, 1.82) is 0 Å². The Hall–Kier alpha value is -1.36. The molecule has 0 spiro atoms. The maximum absolute atomic E-state index is 14.0. The van der Waals surface area contributed by atoms with E-state index in [-0.39, 0.29) is 17.0 Å². The van der Waals surface area contributed by atoms with Crippen molar-refractivity contribution >= 4 is 15.9 Å². The minimum atomic E-state index is -0.875. The van der Waals surface area contributed by atoms with Crippen molar-refractivity contribution in [2.75, 3.05) is 0 Å². The Balaban J connectivity index is 2.62. The summed E-state index contributed by atoms with van der Waals surface area (Å²) in [6.07, 6.45) is 0. The molecule has 0 fully saturated rings. The van der Waals surface area contributed by atoms with Gasteiger partial charge in [0.15, 0.2) is 11.6 Å². The molecule has 100 valence electrons. The van der Waals surface area contributed by atoms with Crippen LogP contribution in [0.1, 0.15) is 31.2 Å². The summed E-state index contributed by atoms with van der Waals surface area (Å²) in [6.45, 7) is 5.41. The van der Waals surface area contributed by atoms with Crippen LogP contribution >= 0.6 is 15.9 Å². The minimum Gasteiger partial charge on any atom is -0.232 e. The molecule has 0 bridgehead atoms. The SMILES string of the molecule is Cc1ccc(-c2cc(Br)nc(C(C)C)n2)c(F)c1F. The van der Waals surface area contributed by atoms with E-state index >= 15 is 0 Å². The van der Waals surface area contributed by atoms with Crippen LogP contribution in [0, 0.1) is 18.6 Å². The van der Waals surface area contributed by atoms with Crippen molar-refractivity contribution in [2.45, 2.75) is 26.7 Å². The van der Waals surface area contributed by atoms with Crippen LogP contribution in [-0.2, 0) is 0 Å². The Kier molecular flexibility index (Phi) is 3.94. The number of hydrogen-bond donors (Lipinski definition) is 0. The summed E-state index contributed by atoms with van der Waals surface area (Å²) >= 11 is 3.27. The van der Waals surface area contributed by atoms with E-state index < -0.39 is 11.6 Å². The number of halogens is 3. The largest absolute Gasteiger partial charge is 0.232 e. The Morgan fingerprint density at radius 2 is 1.79 bits per heavy atom. The highest BCUT2D eigenvalue weighted by atomic mass is 79.9. The molecule has 2 aromatic rings. The highest BCUT2D eigenvalue weighted by Gasteiger charge is 2.15. The van der Waals surface area contributed by atoms with Gasteiger partial charge in [0.2, 0.25) is 0 Å². The smallest absolute Gasteiger partial charge is 0.168 e. The first kappa shape index (κ1) is 14.1. The van der Waals surface area contributed by atoms with E-state index in [1.165, 1.54) is 13.0 Å². The van der Waals surface area contributed by atoms with Gasteiger partial charge in [-0.05, 0) is 40.5 Å². The predicted octanol–water partition coefficient (Wildman–Crippen LogP) is 4.62. The van der Waals surface area contributed by atoms with Gasteiger partial charge in [-0.25, -0.2) is 18.7 Å². The fourth-order valence-electron chi connectivity index (χ4n) is 1.68. The molecule has 0 unspecified atom stereocenters. The third-order valence-corrected chi connectivity index (χ3v) is 3.19. The first-order valence-corrected chi connectivity index (χ1v) is 6.69. The highest BCUT2D eigenvalue weighted by Crippen LogP contribution is 2.27. The first-order valence-electron chi connectivity index (χ1n) is 5.89. The molecule has 0 aliphatic carbocycles. The first-order chi connectivity index (χ1) is 8.90. The minimum absolute atomic E-state index is 0.106. The van der Waals surface area contributed by atoms with E-state index in [9.17, 15) is 8.78 Å². The lowest BCUT2D eigenvalue weighted by molar-refractivity contribution is 0.505. The van der Waals surface area contributed by atoms with Crippen LogP contribution in [0.15, 0.2) is 22.8 Å². The van der Waals surface area contributed by atoms with Crippen molar-refractivity contribution in [2.24, 2.45) is 0 Å². The summed E-state index contributed by atoms with van der Waals surface area (Å²) in [6, 6.07) is 4.66. The quantitative estimate of drug-likeness (QED) is 0.753. The second kappa shape index (κ2) is 5.33. The van der Waals surface area contributed by atoms with Crippen molar-refractivity contribution in [3.05, 3.63) is 45.8 Å². The summed E-state index contributed by atoms with van der Waals surface area (Å²) in [7, 11) is 0. The number of aryl methyl sites for hydroxylation is 1. The van der Waals surface area contributed by atoms with Gasteiger partial charge in [0.05, 0.1) is 5.69 Å². The topological polar surface area (TPSA) is 25.8 Å². The molecule has 0 atom stereocenters. The molecular formula is C14H13BrF2N2. The van der Waals surface area contributed by atoms with Crippen LogP contribution in [-0.4, -0.2) is 9.97 Å². The molecule has 0 aliphatic heterocycles. The van der Waals surface area contributed by atoms with Crippen molar-refractivity contribution < 1.29 is 8.78 Å². The number of rotatable bonds is 2. The molecule has 0 amide bonds. The van der Waals surface area contributed by atoms with Crippen molar-refractivity contribution in [1.82, 2.24) is 9.97 Å². The molecule has 2 nitrogen and oxygen atoms in total. The van der Waals surface area contributed by atoms with Gasteiger partial charge >= 0.3 is 0 Å². The van der Waals surface area contributed by atoms with Gasteiger partial charge in [0, 0.05) is 11.5 Å². The molecule has 5 heteroatoms. The molecular weight excluding hydrogens is 314 g/mol. The fourth-order valence-corrected chi connectivity index (χ4v) is 2.07. The maximum Gasteiger partial charge on any atom is 0.168 e. The van der Waals surface area contributed by atoms with Crippen LogP contribution in [0.2, 0.25) is 0 Å². The van der Waals surface area contributed by atoms with Crippen LogP contribution in [0.3, 0.4) is 0 Å². The van der Waals surface area contributed by atoms with Gasteiger partial charge in [-0.2, -0.15) is 0 Å². The molecule has 1 heterocycles. The van der Waals surface area contributed by atoms with E-state index in [1.807, 2.05) is 13.8 Å². The molecule has 0 aliphatic rings. The molecule has 0 N–H and O–H groups in total. The van der Waals surface area contributed by atoms with Crippen molar-refractivity contribution in [3.8, 4) is 11.3 Å². The number of benzene rings is 1. The van der Waals surface area contributed by atoms with Crippen LogP contribution in [0.5, 0.6) is 0 Å². The lowest BCUT2D eigenvalue weighted by Gasteiger charge is -2.09. The van der Waals surface area contributed by atoms with Crippen molar-refractivity contribution in [3.63, 3.8) is 0 Å². The van der Waals surface area contributed by atoms with Gasteiger partial charge < -0.3 is 0 Å². The summed E-state index contributed by atoms with van der Waals surface area (Å²) in [4.78, 5) is 8.51. The number of nitrogens with zero attached hydrogens (tertiary/aromatic N) is 2. The zero-order valence-corrected chi connectivity index (χ0v) is 12.4. The van der Waals surface area contributed by atoms with Gasteiger partial charge in [-0.1, -0.05) is 19.9 Å². The Morgan fingerprint density at radius 3 is 2.42 bits per heavy atom. The van der Waals surface area contributed by atoms with Crippen LogP contribution < -0.4 is 0 Å². The molecule has 0 radical (unpaired) electrons. The lowest BCUT2D eigenvalue weighted by atomic mass is 10.1. The van der Waals surface area contributed by atoms with E-state index in [0.29, 0.717) is 16.1 Å². The third kappa shape index (κ3) is 2.81. The Morgan fingerprint density at radius 1 is 1.11 bits per heavy atom. The number of aromatic nitrogens is 2. The standard InChI is InChI=1S/C14H13BrF2N2/c1-7(2)14-18-10(6-11(15)19-14)9-5-4-8(3)12(16)13(9)17/h4-7H,1-3H3. The average molecular weight is 327 g/mol. The maximum atomic E-state index is 14.0. The lowest BCUT2D eigenvalue weighted by Crippen LogP contribution is -2.01. The average Bonchev–Trinajstić information content (AvgIpc) is 2.35. The van der Waals surface area contributed by atoms with Crippen LogP contribution in [0.4, 0.5) is 8.78 Å². The molecule has 0 saturated heterocycles. The summed E-state index contributed by atoms with van der Waals surface area (Å²) in [5.41, 5.74) is 0.800. The fraction of sp³-hybridized carbons (Fsp3) is 0.286. The van der Waals surface area contributed by atoms with Gasteiger partial charge in [-0.15, -0.1) is 0 Å². The summed E-state index contributed by atoms with van der Waals surface area (Å²) in [5.74, 6) is -1.02. The van der Waals surface area contributed by atoms with E-state index in [2.05, 4.69) is 25.9 Å². The molecule has 19 heavy (non-hydrogen) atoms. The highest BCUT2D eigenvalue weighted by molar-refractivity contribution is 9.10. The van der Waals surface area contributed by atoms with Gasteiger partial charge in [0.1, 0.15) is 10.4 Å². The predicted molar refractivity (Wildman–Crippen MR) is 73.9 cm³/mol. The normalized spacial score (nSPS) is 11.1. The Bertz CT molecular complexity index is 627.